The van der Waals surface area contributed by atoms with Gasteiger partial charge < -0.3 is 15.5 Å². The summed E-state index contributed by atoms with van der Waals surface area (Å²) < 4.78 is 0. The summed E-state index contributed by atoms with van der Waals surface area (Å²) in [7, 11) is 0. The number of fused-ring (bicyclic) bond motifs is 1. The fourth-order valence-electron chi connectivity index (χ4n) is 6.52. The summed E-state index contributed by atoms with van der Waals surface area (Å²) in [6.07, 6.45) is 6.23. The van der Waals surface area contributed by atoms with Crippen molar-refractivity contribution in [3.8, 4) is 5.75 Å². The number of carbonyl (C=O) groups is 2. The third-order valence-corrected chi connectivity index (χ3v) is 8.50. The van der Waals surface area contributed by atoms with Crippen LogP contribution in [0.3, 0.4) is 0 Å². The Bertz CT molecular complexity index is 924. The van der Waals surface area contributed by atoms with Crippen LogP contribution in [-0.4, -0.2) is 57.6 Å². The minimum atomic E-state index is -1.09. The minimum absolute atomic E-state index is 0.0132. The average molecular weight is 411 g/mol. The highest BCUT2D eigenvalue weighted by molar-refractivity contribution is 5.92. The predicted molar refractivity (Wildman–Crippen MR) is 110 cm³/mol. The van der Waals surface area contributed by atoms with E-state index in [1.807, 2.05) is 6.07 Å². The lowest BCUT2D eigenvalue weighted by atomic mass is 9.48. The molecule has 6 heteroatoms. The summed E-state index contributed by atoms with van der Waals surface area (Å²) in [5.74, 6) is 0.915. The second-order valence-corrected chi connectivity index (χ2v) is 10.4. The van der Waals surface area contributed by atoms with Crippen LogP contribution in [0.1, 0.15) is 56.1 Å². The first-order chi connectivity index (χ1) is 14.4. The second-order valence-electron chi connectivity index (χ2n) is 10.4. The molecule has 30 heavy (non-hydrogen) atoms. The van der Waals surface area contributed by atoms with Gasteiger partial charge >= 0.3 is 0 Å². The molecule has 0 unspecified atom stereocenters. The number of hydrogen-bond donors (Lipinski definition) is 3. The molecule has 1 aliphatic heterocycles. The summed E-state index contributed by atoms with van der Waals surface area (Å²) >= 11 is 0. The topological polar surface area (TPSA) is 89.9 Å². The van der Waals surface area contributed by atoms with Gasteiger partial charge in [-0.25, -0.2) is 0 Å². The van der Waals surface area contributed by atoms with Gasteiger partial charge in [-0.05, 0) is 74.2 Å². The largest absolute Gasteiger partial charge is 0.508 e. The van der Waals surface area contributed by atoms with Crippen LogP contribution in [-0.2, 0) is 21.4 Å². The van der Waals surface area contributed by atoms with E-state index >= 15 is 0 Å². The Morgan fingerprint density at radius 1 is 1.23 bits per heavy atom. The van der Waals surface area contributed by atoms with Crippen LogP contribution in [0.2, 0.25) is 0 Å². The van der Waals surface area contributed by atoms with Crippen LogP contribution in [0.15, 0.2) is 18.2 Å². The lowest BCUT2D eigenvalue weighted by Crippen LogP contribution is -2.76. The molecule has 3 N–H and O–H groups in total. The molecule has 0 spiro atoms. The molecule has 6 nitrogen and oxygen atoms in total. The quantitative estimate of drug-likeness (QED) is 0.703. The Labute approximate surface area is 176 Å². The number of benzene rings is 1. The van der Waals surface area contributed by atoms with Gasteiger partial charge in [0.25, 0.3) is 0 Å². The van der Waals surface area contributed by atoms with Crippen molar-refractivity contribution in [1.29, 1.82) is 0 Å². The molecule has 1 heterocycles. The zero-order chi connectivity index (χ0) is 20.7. The Morgan fingerprint density at radius 3 is 2.77 bits per heavy atom. The van der Waals surface area contributed by atoms with Gasteiger partial charge in [0.2, 0.25) is 5.91 Å². The number of carbonyl (C=O) groups excluding carboxylic acids is 2. The molecule has 4 aliphatic carbocycles. The van der Waals surface area contributed by atoms with Crippen LogP contribution in [0.4, 0.5) is 0 Å². The molecule has 1 amide bonds. The fraction of sp³-hybridized carbons (Fsp3) is 0.667. The Balaban J connectivity index is 1.41. The number of hydrogen-bond acceptors (Lipinski definition) is 5. The molecule has 3 saturated carbocycles. The van der Waals surface area contributed by atoms with Crippen molar-refractivity contribution in [3.63, 3.8) is 0 Å². The summed E-state index contributed by atoms with van der Waals surface area (Å²) in [5.41, 5.74) is 0.307. The third-order valence-electron chi connectivity index (χ3n) is 8.50. The molecule has 5 aliphatic rings. The summed E-state index contributed by atoms with van der Waals surface area (Å²) in [4.78, 5) is 28.1. The highest BCUT2D eigenvalue weighted by Gasteiger charge is 2.66. The average Bonchev–Trinajstić information content (AvgIpc) is 3.60. The van der Waals surface area contributed by atoms with Gasteiger partial charge in [-0.1, -0.05) is 6.07 Å². The minimum Gasteiger partial charge on any atom is -0.508 e. The SMILES string of the molecule is O=C(N[C@H]1C[C@@]2(O)[C@H]3Cc4ccc(O)cc4[C@@]2(CCN3CC2CC2)CC1=O)C1CC1. The lowest BCUT2D eigenvalue weighted by Gasteiger charge is -2.64. The second kappa shape index (κ2) is 6.30. The monoisotopic (exact) mass is 410 g/mol. The molecular weight excluding hydrogens is 380 g/mol. The highest BCUT2D eigenvalue weighted by Crippen LogP contribution is 2.58. The van der Waals surface area contributed by atoms with Gasteiger partial charge in [0.1, 0.15) is 5.75 Å². The number of piperidine rings is 1. The van der Waals surface area contributed by atoms with Crippen molar-refractivity contribution < 1.29 is 19.8 Å². The molecule has 1 saturated heterocycles. The van der Waals surface area contributed by atoms with E-state index in [9.17, 15) is 19.8 Å². The summed E-state index contributed by atoms with van der Waals surface area (Å²) in [6.45, 7) is 1.87. The number of phenols is 1. The number of Topliss-reactive ketones (excluding diaryl/α,β-unsaturated/α-hetero) is 1. The number of aromatic hydroxyl groups is 1. The normalized spacial score (nSPS) is 38.0. The van der Waals surface area contributed by atoms with Crippen LogP contribution < -0.4 is 5.32 Å². The summed E-state index contributed by atoms with van der Waals surface area (Å²) in [6, 6.07) is 4.77. The van der Waals surface area contributed by atoms with E-state index in [4.69, 9.17) is 0 Å². The van der Waals surface area contributed by atoms with E-state index in [1.54, 1.807) is 12.1 Å². The van der Waals surface area contributed by atoms with E-state index in [1.165, 1.54) is 12.8 Å². The highest BCUT2D eigenvalue weighted by atomic mass is 16.3. The number of likely N-dealkylation sites (tertiary alicyclic amines) is 1. The van der Waals surface area contributed by atoms with E-state index in [2.05, 4.69) is 10.2 Å². The first-order valence-corrected chi connectivity index (χ1v) is 11.5. The molecule has 6 rings (SSSR count). The van der Waals surface area contributed by atoms with Gasteiger partial charge in [0.15, 0.2) is 5.78 Å². The maximum absolute atomic E-state index is 13.2. The van der Waals surface area contributed by atoms with Gasteiger partial charge in [-0.3, -0.25) is 14.5 Å². The number of phenolic OH excluding ortho intramolecular Hbond substituents is 1. The van der Waals surface area contributed by atoms with Crippen molar-refractivity contribution in [3.05, 3.63) is 29.3 Å². The fourth-order valence-corrected chi connectivity index (χ4v) is 6.52. The number of amides is 1. The van der Waals surface area contributed by atoms with Gasteiger partial charge in [-0.15, -0.1) is 0 Å². The van der Waals surface area contributed by atoms with Crippen LogP contribution in [0.5, 0.6) is 5.75 Å². The third kappa shape index (κ3) is 2.69. The van der Waals surface area contributed by atoms with Crippen LogP contribution >= 0.6 is 0 Å². The van der Waals surface area contributed by atoms with E-state index in [-0.39, 0.29) is 42.2 Å². The molecule has 160 valence electrons. The molecule has 4 fully saturated rings. The summed E-state index contributed by atoms with van der Waals surface area (Å²) in [5, 5.41) is 25.5. The van der Waals surface area contributed by atoms with Crippen molar-refractivity contribution in [2.45, 2.75) is 74.5 Å². The Hall–Kier alpha value is -1.92. The number of nitrogens with zero attached hydrogens (tertiary/aromatic N) is 1. The van der Waals surface area contributed by atoms with Gasteiger partial charge in [0, 0.05) is 36.8 Å². The van der Waals surface area contributed by atoms with E-state index in [0.29, 0.717) is 6.42 Å². The first kappa shape index (κ1) is 18.8. The Kier molecular flexibility index (Phi) is 3.95. The maximum Gasteiger partial charge on any atom is 0.223 e. The number of rotatable bonds is 4. The number of aliphatic hydroxyl groups is 1. The smallest absolute Gasteiger partial charge is 0.223 e. The van der Waals surface area contributed by atoms with Crippen molar-refractivity contribution in [1.82, 2.24) is 10.2 Å². The molecule has 0 aromatic heterocycles. The van der Waals surface area contributed by atoms with E-state index in [0.717, 1.165) is 49.4 Å². The predicted octanol–water partition coefficient (Wildman–Crippen LogP) is 1.66. The molecule has 0 radical (unpaired) electrons. The first-order valence-electron chi connectivity index (χ1n) is 11.5. The van der Waals surface area contributed by atoms with Crippen molar-refractivity contribution >= 4 is 11.7 Å². The molecule has 4 atom stereocenters. The van der Waals surface area contributed by atoms with Crippen molar-refractivity contribution in [2.24, 2.45) is 11.8 Å². The van der Waals surface area contributed by atoms with Crippen LogP contribution in [0, 0.1) is 11.8 Å². The molecule has 2 bridgehead atoms. The van der Waals surface area contributed by atoms with E-state index < -0.39 is 17.1 Å². The zero-order valence-corrected chi connectivity index (χ0v) is 17.3. The lowest BCUT2D eigenvalue weighted by molar-refractivity contribution is -0.178. The van der Waals surface area contributed by atoms with Gasteiger partial charge in [0.05, 0.1) is 11.6 Å². The van der Waals surface area contributed by atoms with Crippen LogP contribution in [0.25, 0.3) is 0 Å². The number of ketones is 1. The van der Waals surface area contributed by atoms with Crippen molar-refractivity contribution in [2.75, 3.05) is 13.1 Å². The molecule has 1 aromatic carbocycles. The standard InChI is InChI=1S/C24H30N2O4/c27-17-6-5-16-9-21-24(30)11-19(25-22(29)15-3-4-15)20(28)12-23(24,18(16)10-17)7-8-26(21)13-14-1-2-14/h5-6,10,14-15,19,21,27,30H,1-4,7-9,11-13H2,(H,25,29)/t19-,21+,23+,24+/m0/s1. The molecular formula is C24H30N2O4. The zero-order valence-electron chi connectivity index (χ0n) is 17.3. The Morgan fingerprint density at radius 2 is 2.03 bits per heavy atom. The maximum atomic E-state index is 13.2. The van der Waals surface area contributed by atoms with Gasteiger partial charge in [-0.2, -0.15) is 0 Å². The molecule has 1 aromatic rings. The number of nitrogens with one attached hydrogen (secondary N) is 1.